The molecule has 0 aliphatic carbocycles. The van der Waals surface area contributed by atoms with Crippen LogP contribution in [-0.4, -0.2) is 42.8 Å². The van der Waals surface area contributed by atoms with Crippen molar-refractivity contribution >= 4 is 29.2 Å². The van der Waals surface area contributed by atoms with Gasteiger partial charge >= 0.3 is 17.8 Å². The van der Waals surface area contributed by atoms with Gasteiger partial charge in [0.15, 0.2) is 11.9 Å². The number of carboxylic acid groups (broad SMARTS) is 1. The third kappa shape index (κ3) is 5.71. The lowest BCUT2D eigenvalue weighted by molar-refractivity contribution is -0.207. The van der Waals surface area contributed by atoms with Gasteiger partial charge in [0.05, 0.1) is 18.7 Å². The Morgan fingerprint density at radius 2 is 1.68 bits per heavy atom. The first-order valence-corrected chi connectivity index (χ1v) is 11.5. The first kappa shape index (κ1) is 26.5. The van der Waals surface area contributed by atoms with Gasteiger partial charge in [-0.15, -0.1) is 5.10 Å². The summed E-state index contributed by atoms with van der Waals surface area (Å²) in [5.74, 6) is -1.28. The minimum Gasteiger partial charge on any atom is -0.478 e. The van der Waals surface area contributed by atoms with E-state index in [9.17, 15) is 33.0 Å². The van der Waals surface area contributed by atoms with E-state index in [-0.39, 0.29) is 17.9 Å². The molecule has 1 atom stereocenters. The second-order valence-corrected chi connectivity index (χ2v) is 8.95. The van der Waals surface area contributed by atoms with Crippen LogP contribution < -0.4 is 5.69 Å². The minimum absolute atomic E-state index is 0.0233. The molecule has 4 aromatic rings. The lowest BCUT2D eigenvalue weighted by atomic mass is 9.97. The average molecular weight is 552 g/mol. The third-order valence-corrected chi connectivity index (χ3v) is 6.15. The van der Waals surface area contributed by atoms with Gasteiger partial charge in [0, 0.05) is 21.2 Å². The van der Waals surface area contributed by atoms with Crippen molar-refractivity contribution in [3.63, 3.8) is 0 Å². The number of aliphatic hydroxyl groups is 1. The van der Waals surface area contributed by atoms with E-state index >= 15 is 0 Å². The Hall–Kier alpha value is -3.60. The lowest BCUT2D eigenvalue weighted by Gasteiger charge is -2.15. The van der Waals surface area contributed by atoms with Gasteiger partial charge < -0.3 is 10.2 Å². The highest BCUT2D eigenvalue weighted by Crippen LogP contribution is 2.31. The fourth-order valence-electron chi connectivity index (χ4n) is 3.75. The topological polar surface area (TPSA) is 97.3 Å². The van der Waals surface area contributed by atoms with Crippen LogP contribution in [-0.2, 0) is 13.1 Å². The number of aliphatic hydroxyl groups excluding tert-OH is 1. The lowest BCUT2D eigenvalue weighted by Crippen LogP contribution is -2.37. The molecule has 0 spiro atoms. The van der Waals surface area contributed by atoms with E-state index < -0.39 is 30.5 Å². The normalized spacial score (nSPS) is 12.5. The number of carbonyl (C=O) groups is 1. The molecule has 1 heterocycles. The van der Waals surface area contributed by atoms with Crippen LogP contribution in [0.15, 0.2) is 71.5 Å². The van der Waals surface area contributed by atoms with E-state index in [1.807, 2.05) is 0 Å². The summed E-state index contributed by atoms with van der Waals surface area (Å²) in [5.41, 5.74) is 0.600. The van der Waals surface area contributed by atoms with E-state index in [1.54, 1.807) is 24.3 Å². The van der Waals surface area contributed by atoms with Crippen molar-refractivity contribution in [1.29, 1.82) is 0 Å². The highest BCUT2D eigenvalue weighted by Gasteiger charge is 2.39. The Balaban J connectivity index is 1.80. The van der Waals surface area contributed by atoms with Crippen molar-refractivity contribution in [2.24, 2.45) is 0 Å². The van der Waals surface area contributed by atoms with Gasteiger partial charge in [-0.05, 0) is 53.6 Å². The Morgan fingerprint density at radius 3 is 2.30 bits per heavy atom. The maximum atomic E-state index is 13.1. The van der Waals surface area contributed by atoms with Crippen LogP contribution in [0.25, 0.3) is 22.5 Å². The van der Waals surface area contributed by atoms with Gasteiger partial charge in [-0.1, -0.05) is 47.5 Å². The number of carboxylic acids is 1. The molecule has 0 saturated heterocycles. The SMILES string of the molecule is O=C(O)c1ccc(Cn2nc(-c3ccc(Cl)cc3)n(CC(O)C(F)(F)F)c2=O)cc1-c1ccccc1Cl. The van der Waals surface area contributed by atoms with Crippen molar-refractivity contribution in [3.05, 3.63) is 98.4 Å². The predicted octanol–water partition coefficient (Wildman–Crippen LogP) is 5.36. The summed E-state index contributed by atoms with van der Waals surface area (Å²) in [7, 11) is 0. The molecule has 1 aromatic heterocycles. The van der Waals surface area contributed by atoms with Crippen LogP contribution in [0.3, 0.4) is 0 Å². The number of alkyl halides is 3. The molecule has 0 aliphatic heterocycles. The summed E-state index contributed by atoms with van der Waals surface area (Å²) in [6.07, 6.45) is -7.74. The van der Waals surface area contributed by atoms with Crippen LogP contribution in [0.5, 0.6) is 0 Å². The van der Waals surface area contributed by atoms with Crippen molar-refractivity contribution < 1.29 is 28.2 Å². The molecule has 0 fully saturated rings. The molecule has 4 rings (SSSR count). The summed E-state index contributed by atoms with van der Waals surface area (Å²) in [4.78, 5) is 24.9. The van der Waals surface area contributed by atoms with Gasteiger partial charge in [0.2, 0.25) is 0 Å². The van der Waals surface area contributed by atoms with E-state index in [1.165, 1.54) is 42.5 Å². The van der Waals surface area contributed by atoms with Crippen LogP contribution >= 0.6 is 23.2 Å². The molecule has 192 valence electrons. The number of aromatic carboxylic acids is 1. The molecule has 0 saturated carbocycles. The second kappa shape index (κ2) is 10.4. The molecule has 0 amide bonds. The molecule has 0 bridgehead atoms. The molecule has 37 heavy (non-hydrogen) atoms. The Bertz CT molecular complexity index is 1520. The molecule has 12 heteroatoms. The predicted molar refractivity (Wildman–Crippen MR) is 132 cm³/mol. The zero-order chi connectivity index (χ0) is 26.9. The maximum absolute atomic E-state index is 13.1. The van der Waals surface area contributed by atoms with Gasteiger partial charge in [0.1, 0.15) is 0 Å². The molecule has 7 nitrogen and oxygen atoms in total. The number of benzene rings is 3. The summed E-state index contributed by atoms with van der Waals surface area (Å²) >= 11 is 12.2. The van der Waals surface area contributed by atoms with Gasteiger partial charge in [0.25, 0.3) is 0 Å². The number of hydrogen-bond acceptors (Lipinski definition) is 4. The van der Waals surface area contributed by atoms with Gasteiger partial charge in [-0.3, -0.25) is 4.57 Å². The zero-order valence-electron chi connectivity index (χ0n) is 18.8. The van der Waals surface area contributed by atoms with Gasteiger partial charge in [-0.2, -0.15) is 13.2 Å². The highest BCUT2D eigenvalue weighted by molar-refractivity contribution is 6.33. The van der Waals surface area contributed by atoms with Crippen molar-refractivity contribution in [2.45, 2.75) is 25.4 Å². The van der Waals surface area contributed by atoms with E-state index in [4.69, 9.17) is 23.2 Å². The van der Waals surface area contributed by atoms with Crippen LogP contribution in [0.1, 0.15) is 15.9 Å². The smallest absolute Gasteiger partial charge is 0.416 e. The molecule has 0 aliphatic rings. The fourth-order valence-corrected chi connectivity index (χ4v) is 4.11. The monoisotopic (exact) mass is 551 g/mol. The van der Waals surface area contributed by atoms with Crippen LogP contribution in [0, 0.1) is 0 Å². The number of nitrogens with zero attached hydrogens (tertiary/aromatic N) is 3. The zero-order valence-corrected chi connectivity index (χ0v) is 20.3. The van der Waals surface area contributed by atoms with Crippen LogP contribution in [0.2, 0.25) is 10.0 Å². The summed E-state index contributed by atoms with van der Waals surface area (Å²) in [6.45, 7) is -1.25. The van der Waals surface area contributed by atoms with Crippen molar-refractivity contribution in [1.82, 2.24) is 14.3 Å². The quantitative estimate of drug-likeness (QED) is 0.322. The summed E-state index contributed by atoms with van der Waals surface area (Å²) in [6, 6.07) is 16.9. The molecule has 3 aromatic carbocycles. The highest BCUT2D eigenvalue weighted by atomic mass is 35.5. The first-order chi connectivity index (χ1) is 17.5. The number of aromatic nitrogens is 3. The second-order valence-electron chi connectivity index (χ2n) is 8.10. The third-order valence-electron chi connectivity index (χ3n) is 5.57. The van der Waals surface area contributed by atoms with Gasteiger partial charge in [-0.25, -0.2) is 14.3 Å². The molecule has 0 radical (unpaired) electrons. The standard InChI is InChI=1S/C25H18Cl2F3N3O4/c26-16-8-6-15(7-9-16)22-31-33(24(37)32(22)13-21(34)25(28,29)30)12-14-5-10-18(23(35)36)19(11-14)17-3-1-2-4-20(17)27/h1-11,21,34H,12-13H2,(H,35,36). The molecule has 1 unspecified atom stereocenters. The van der Waals surface area contributed by atoms with E-state index in [2.05, 4.69) is 5.10 Å². The number of rotatable bonds is 7. The molecular weight excluding hydrogens is 534 g/mol. The van der Waals surface area contributed by atoms with Crippen LogP contribution in [0.4, 0.5) is 13.2 Å². The summed E-state index contributed by atoms with van der Waals surface area (Å²) < 4.78 is 40.9. The van der Waals surface area contributed by atoms with E-state index in [0.717, 1.165) is 9.25 Å². The van der Waals surface area contributed by atoms with Crippen molar-refractivity contribution in [2.75, 3.05) is 0 Å². The molecular formula is C25H18Cl2F3N3O4. The van der Waals surface area contributed by atoms with Crippen molar-refractivity contribution in [3.8, 4) is 22.5 Å². The Morgan fingerprint density at radius 1 is 1.00 bits per heavy atom. The Labute approximate surface area is 217 Å². The first-order valence-electron chi connectivity index (χ1n) is 10.7. The largest absolute Gasteiger partial charge is 0.478 e. The molecule has 2 N–H and O–H groups in total. The van der Waals surface area contributed by atoms with E-state index in [0.29, 0.717) is 32.3 Å². The maximum Gasteiger partial charge on any atom is 0.416 e. The fraction of sp³-hybridized carbons (Fsp3) is 0.160. The average Bonchev–Trinajstić information content (AvgIpc) is 3.14. The number of halogens is 5. The summed E-state index contributed by atoms with van der Waals surface area (Å²) in [5, 5.41) is 24.2. The number of hydrogen-bond donors (Lipinski definition) is 2. The Kier molecular flexibility index (Phi) is 7.44. The minimum atomic E-state index is -4.95.